The summed E-state index contributed by atoms with van der Waals surface area (Å²) in [6.45, 7) is -4.50. The summed E-state index contributed by atoms with van der Waals surface area (Å²) >= 11 is 0. The predicted octanol–water partition coefficient (Wildman–Crippen LogP) is 3.43. The molecule has 30 heavy (non-hydrogen) atoms. The molecule has 1 heterocycles. The largest absolute Gasteiger partial charge is 0.495 e. The summed E-state index contributed by atoms with van der Waals surface area (Å²) in [6, 6.07) is 16.5. The van der Waals surface area contributed by atoms with Gasteiger partial charge in [0.05, 0.1) is 17.7 Å². The van der Waals surface area contributed by atoms with E-state index in [1.165, 1.54) is 34.6 Å². The van der Waals surface area contributed by atoms with E-state index >= 15 is 0 Å². The molecule has 0 aromatic heterocycles. The summed E-state index contributed by atoms with van der Waals surface area (Å²) < 4.78 is 80.8. The van der Waals surface area contributed by atoms with Gasteiger partial charge in [0.15, 0.2) is 0 Å². The van der Waals surface area contributed by atoms with Gasteiger partial charge in [-0.05, 0) is 24.3 Å². The van der Waals surface area contributed by atoms with Crippen molar-refractivity contribution in [2.45, 2.75) is 4.90 Å². The lowest BCUT2D eigenvalue weighted by atomic mass is 10.1. The maximum absolute atomic E-state index is 13.7. The number of benzene rings is 3. The molecule has 1 saturated heterocycles. The lowest BCUT2D eigenvalue weighted by Crippen LogP contribution is -2.48. The van der Waals surface area contributed by atoms with E-state index in [0.29, 0.717) is 23.7 Å². The van der Waals surface area contributed by atoms with E-state index < -0.39 is 24.0 Å². The number of para-hydroxylation sites is 2. The number of fused-ring (bicyclic) bond motifs is 1. The molecule has 0 radical (unpaired) electrons. The zero-order valence-corrected chi connectivity index (χ0v) is 17.4. The van der Waals surface area contributed by atoms with E-state index in [9.17, 15) is 8.42 Å². The van der Waals surface area contributed by atoms with Crippen molar-refractivity contribution in [2.75, 3.05) is 57.0 Å². The minimum Gasteiger partial charge on any atom is -0.495 e. The van der Waals surface area contributed by atoms with Gasteiger partial charge in [-0.1, -0.05) is 36.4 Å². The monoisotopic (exact) mass is 431 g/mol. The molecule has 7 heteroatoms. The van der Waals surface area contributed by atoms with E-state index in [4.69, 9.17) is 13.0 Å². The normalized spacial score (nSPS) is 19.2. The molecule has 3 aromatic rings. The van der Waals surface area contributed by atoms with E-state index in [1.807, 2.05) is 24.3 Å². The van der Waals surface area contributed by atoms with Crippen LogP contribution in [0.25, 0.3) is 10.8 Å². The second kappa shape index (κ2) is 8.16. The highest BCUT2D eigenvalue weighted by Crippen LogP contribution is 2.33. The molecular weight excluding hydrogens is 398 g/mol. The number of methoxy groups -OCH3 is 1. The van der Waals surface area contributed by atoms with Crippen molar-refractivity contribution in [3.63, 3.8) is 0 Å². The average Bonchev–Trinajstić information content (AvgIpc) is 2.82. The number of hydrogen-bond donors (Lipinski definition) is 0. The third-order valence-corrected chi connectivity index (χ3v) is 7.34. The van der Waals surface area contributed by atoms with Crippen LogP contribution in [0.2, 0.25) is 0 Å². The number of rotatable bonds is 5. The molecule has 0 bridgehead atoms. The van der Waals surface area contributed by atoms with Gasteiger partial charge in [-0.15, -0.1) is 0 Å². The molecule has 158 valence electrons. The summed E-state index contributed by atoms with van der Waals surface area (Å²) in [6.07, 6.45) is 0. The van der Waals surface area contributed by atoms with Crippen molar-refractivity contribution in [3.8, 4) is 5.75 Å². The fourth-order valence-corrected chi connectivity index (χ4v) is 5.51. The Morgan fingerprint density at radius 3 is 2.33 bits per heavy atom. The Kier molecular flexibility index (Phi) is 3.88. The molecule has 0 unspecified atom stereocenters. The van der Waals surface area contributed by atoms with Gasteiger partial charge in [-0.3, -0.25) is 0 Å². The maximum atomic E-state index is 13.7. The van der Waals surface area contributed by atoms with E-state index in [-0.39, 0.29) is 34.4 Å². The molecular formula is C23H27N3O3S. The van der Waals surface area contributed by atoms with Crippen molar-refractivity contribution < 1.29 is 21.4 Å². The van der Waals surface area contributed by atoms with Gasteiger partial charge in [0.1, 0.15) is 5.75 Å². The number of ether oxygens (including phenoxy) is 1. The smallest absolute Gasteiger partial charge is 0.243 e. The van der Waals surface area contributed by atoms with Crippen LogP contribution >= 0.6 is 0 Å². The highest BCUT2D eigenvalue weighted by atomic mass is 32.2. The van der Waals surface area contributed by atoms with Gasteiger partial charge in [-0.2, -0.15) is 4.31 Å². The second-order valence-corrected chi connectivity index (χ2v) is 8.93. The van der Waals surface area contributed by atoms with Crippen LogP contribution in [0.3, 0.4) is 0 Å². The highest BCUT2D eigenvalue weighted by molar-refractivity contribution is 7.89. The third kappa shape index (κ3) is 3.59. The van der Waals surface area contributed by atoms with E-state index in [2.05, 4.69) is 4.90 Å². The van der Waals surface area contributed by atoms with Crippen LogP contribution in [0.1, 0.15) is 8.22 Å². The zero-order valence-electron chi connectivity index (χ0n) is 22.6. The Morgan fingerprint density at radius 1 is 0.900 bits per heavy atom. The van der Waals surface area contributed by atoms with Gasteiger partial charge in [0.25, 0.3) is 0 Å². The van der Waals surface area contributed by atoms with Crippen LogP contribution in [-0.4, -0.2) is 60.0 Å². The van der Waals surface area contributed by atoms with Crippen molar-refractivity contribution in [3.05, 3.63) is 60.7 Å². The molecule has 0 aliphatic carbocycles. The van der Waals surface area contributed by atoms with Crippen LogP contribution in [0.4, 0.5) is 11.4 Å². The molecule has 0 amide bonds. The molecule has 6 nitrogen and oxygen atoms in total. The van der Waals surface area contributed by atoms with Crippen molar-refractivity contribution in [1.29, 1.82) is 0 Å². The Labute approximate surface area is 186 Å². The Bertz CT molecular complexity index is 1340. The number of anilines is 2. The first kappa shape index (κ1) is 14.3. The van der Waals surface area contributed by atoms with Gasteiger partial charge in [0, 0.05) is 64.8 Å². The topological polar surface area (TPSA) is 53.1 Å². The van der Waals surface area contributed by atoms with Crippen molar-refractivity contribution >= 4 is 32.2 Å². The molecule has 1 fully saturated rings. The third-order valence-electron chi connectivity index (χ3n) is 5.38. The van der Waals surface area contributed by atoms with Crippen LogP contribution in [0.5, 0.6) is 5.75 Å². The van der Waals surface area contributed by atoms with Crippen LogP contribution in [0.15, 0.2) is 65.6 Å². The molecule has 1 aliphatic rings. The number of hydrogen-bond acceptors (Lipinski definition) is 5. The lowest BCUT2D eigenvalue weighted by molar-refractivity contribution is 0.378. The Balaban J connectivity index is 1.69. The first-order valence-corrected chi connectivity index (χ1v) is 11.0. The van der Waals surface area contributed by atoms with E-state index in [1.54, 1.807) is 13.2 Å². The molecule has 0 saturated carbocycles. The van der Waals surface area contributed by atoms with Gasteiger partial charge >= 0.3 is 0 Å². The second-order valence-electron chi connectivity index (χ2n) is 7.03. The standard InChI is InChI=1S/C23H27N3O3S/c1-24(2)20-11-6-9-19-18(20)8-7-13-23(19)30(27,28)26-16-14-25(15-17-26)21-10-4-5-12-22(21)29-3/h4-13H,14-17H2,1-3H3/i1D3,2D3. The Hall–Kier alpha value is -2.77. The summed E-state index contributed by atoms with van der Waals surface area (Å²) in [7, 11) is -2.36. The zero-order chi connectivity index (χ0) is 26.3. The fourth-order valence-electron chi connectivity index (χ4n) is 3.88. The minimum absolute atomic E-state index is 0.00336. The summed E-state index contributed by atoms with van der Waals surface area (Å²) in [5, 5.41) is 0.499. The Morgan fingerprint density at radius 2 is 1.60 bits per heavy atom. The minimum atomic E-state index is -3.95. The maximum Gasteiger partial charge on any atom is 0.243 e. The molecule has 0 atom stereocenters. The number of nitrogens with zero attached hydrogens (tertiary/aromatic N) is 3. The molecule has 0 spiro atoms. The molecule has 4 rings (SSSR count). The van der Waals surface area contributed by atoms with Gasteiger partial charge in [0.2, 0.25) is 10.0 Å². The quantitative estimate of drug-likeness (QED) is 0.620. The number of piperazine rings is 1. The van der Waals surface area contributed by atoms with Crippen LogP contribution < -0.4 is 14.5 Å². The summed E-state index contributed by atoms with van der Waals surface area (Å²) in [5.41, 5.74) is 0.812. The molecule has 1 aliphatic heterocycles. The van der Waals surface area contributed by atoms with Gasteiger partial charge < -0.3 is 14.5 Å². The van der Waals surface area contributed by atoms with Crippen molar-refractivity contribution in [1.82, 2.24) is 4.31 Å². The van der Waals surface area contributed by atoms with Gasteiger partial charge in [-0.25, -0.2) is 8.42 Å². The first-order valence-electron chi connectivity index (χ1n) is 12.6. The predicted molar refractivity (Wildman–Crippen MR) is 122 cm³/mol. The summed E-state index contributed by atoms with van der Waals surface area (Å²) in [4.78, 5) is 2.45. The van der Waals surface area contributed by atoms with Crippen LogP contribution in [-0.2, 0) is 10.0 Å². The first-order chi connectivity index (χ1) is 16.9. The fraction of sp³-hybridized carbons (Fsp3) is 0.304. The SMILES string of the molecule is [2H]C([2H])([2H])N(c1cccc2c(S(=O)(=O)N3CCN(c4ccccc4OC)CC3)cccc12)C([2H])([2H])[2H]. The molecule has 0 N–H and O–H groups in total. The lowest BCUT2D eigenvalue weighted by Gasteiger charge is -2.36. The average molecular weight is 432 g/mol. The molecule has 3 aromatic carbocycles. The number of sulfonamides is 1. The van der Waals surface area contributed by atoms with E-state index in [0.717, 1.165) is 5.69 Å². The highest BCUT2D eigenvalue weighted by Gasteiger charge is 2.30. The summed E-state index contributed by atoms with van der Waals surface area (Å²) in [5.74, 6) is 0.712. The van der Waals surface area contributed by atoms with Crippen molar-refractivity contribution in [2.24, 2.45) is 0 Å². The van der Waals surface area contributed by atoms with Crippen LogP contribution in [0, 0.1) is 0 Å².